The van der Waals surface area contributed by atoms with Crippen molar-refractivity contribution in [2.24, 2.45) is 0 Å². The molecule has 0 aromatic heterocycles. The molecule has 0 radical (unpaired) electrons. The number of rotatable bonds is 4. The summed E-state index contributed by atoms with van der Waals surface area (Å²) in [5.74, 6) is 0. The molecule has 0 aliphatic carbocycles. The fourth-order valence-corrected chi connectivity index (χ4v) is 3.64. The Balaban J connectivity index is 1.59. The molecule has 3 heteroatoms. The molecule has 1 N–H and O–H groups in total. The van der Waals surface area contributed by atoms with Crippen molar-refractivity contribution < 1.29 is 5.11 Å². The van der Waals surface area contributed by atoms with Gasteiger partial charge in [0.2, 0.25) is 0 Å². The van der Waals surface area contributed by atoms with Gasteiger partial charge in [-0.3, -0.25) is 0 Å². The first-order valence-electron chi connectivity index (χ1n) is 9.19. The van der Waals surface area contributed by atoms with Crippen LogP contribution in [0.2, 0.25) is 0 Å². The smallest absolute Gasteiger partial charge is 0.0682 e. The van der Waals surface area contributed by atoms with Gasteiger partial charge in [0, 0.05) is 43.1 Å². The maximum atomic E-state index is 9.59. The summed E-state index contributed by atoms with van der Waals surface area (Å²) in [4.78, 5) is 4.88. The molecule has 3 nitrogen and oxygen atoms in total. The molecule has 1 fully saturated rings. The summed E-state index contributed by atoms with van der Waals surface area (Å²) in [6.07, 6.45) is 0. The van der Waals surface area contributed by atoms with Gasteiger partial charge in [0.25, 0.3) is 0 Å². The van der Waals surface area contributed by atoms with E-state index in [1.807, 2.05) is 12.1 Å². The summed E-state index contributed by atoms with van der Waals surface area (Å²) >= 11 is 0. The van der Waals surface area contributed by atoms with E-state index in [0.29, 0.717) is 0 Å². The zero-order chi connectivity index (χ0) is 17.8. The van der Waals surface area contributed by atoms with E-state index in [9.17, 15) is 5.11 Å². The average molecular weight is 344 g/mol. The summed E-state index contributed by atoms with van der Waals surface area (Å²) in [6, 6.07) is 27.4. The van der Waals surface area contributed by atoms with Crippen molar-refractivity contribution >= 4 is 11.4 Å². The summed E-state index contributed by atoms with van der Waals surface area (Å²) < 4.78 is 0. The van der Waals surface area contributed by atoms with Crippen molar-refractivity contribution in [3.63, 3.8) is 0 Å². The molecule has 1 aliphatic heterocycles. The van der Waals surface area contributed by atoms with Gasteiger partial charge >= 0.3 is 0 Å². The highest BCUT2D eigenvalue weighted by Crippen LogP contribution is 2.33. The van der Waals surface area contributed by atoms with E-state index in [0.717, 1.165) is 31.7 Å². The SMILES string of the molecule is OCc1ccc(-c2ccccc2)c(N2CCN(c3ccccc3)CC2)c1. The molecule has 0 saturated carbocycles. The van der Waals surface area contributed by atoms with E-state index in [1.165, 1.54) is 22.5 Å². The van der Waals surface area contributed by atoms with Gasteiger partial charge in [-0.1, -0.05) is 60.7 Å². The van der Waals surface area contributed by atoms with Crippen molar-refractivity contribution in [3.8, 4) is 11.1 Å². The molecule has 3 aromatic carbocycles. The third-order valence-electron chi connectivity index (χ3n) is 5.07. The number of aliphatic hydroxyl groups excluding tert-OH is 1. The second-order valence-corrected chi connectivity index (χ2v) is 6.69. The average Bonchev–Trinajstić information content (AvgIpc) is 2.75. The summed E-state index contributed by atoms with van der Waals surface area (Å²) in [7, 11) is 0. The van der Waals surface area contributed by atoms with E-state index in [4.69, 9.17) is 0 Å². The fourth-order valence-electron chi connectivity index (χ4n) is 3.64. The van der Waals surface area contributed by atoms with Crippen molar-refractivity contribution in [2.75, 3.05) is 36.0 Å². The van der Waals surface area contributed by atoms with Gasteiger partial charge in [0.15, 0.2) is 0 Å². The summed E-state index contributed by atoms with van der Waals surface area (Å²) in [6.45, 7) is 4.03. The third kappa shape index (κ3) is 3.44. The second kappa shape index (κ2) is 7.63. The molecule has 1 aliphatic rings. The molecular formula is C23H24N2O. The molecule has 26 heavy (non-hydrogen) atoms. The van der Waals surface area contributed by atoms with Crippen molar-refractivity contribution in [1.29, 1.82) is 0 Å². The Labute approximate surface area is 155 Å². The monoisotopic (exact) mass is 344 g/mol. The van der Waals surface area contributed by atoms with Crippen molar-refractivity contribution in [1.82, 2.24) is 0 Å². The number of nitrogens with zero attached hydrogens (tertiary/aromatic N) is 2. The summed E-state index contributed by atoms with van der Waals surface area (Å²) in [5, 5.41) is 9.59. The van der Waals surface area contributed by atoms with Gasteiger partial charge in [-0.05, 0) is 29.3 Å². The van der Waals surface area contributed by atoms with Crippen LogP contribution in [-0.2, 0) is 6.61 Å². The molecule has 1 heterocycles. The largest absolute Gasteiger partial charge is 0.392 e. The van der Waals surface area contributed by atoms with Gasteiger partial charge in [-0.15, -0.1) is 0 Å². The quantitative estimate of drug-likeness (QED) is 0.769. The van der Waals surface area contributed by atoms with E-state index < -0.39 is 0 Å². The minimum atomic E-state index is 0.0754. The molecule has 0 spiro atoms. The van der Waals surface area contributed by atoms with Gasteiger partial charge < -0.3 is 14.9 Å². The van der Waals surface area contributed by atoms with Crippen LogP contribution in [0, 0.1) is 0 Å². The summed E-state index contributed by atoms with van der Waals surface area (Å²) in [5.41, 5.74) is 5.92. The maximum absolute atomic E-state index is 9.59. The Hall–Kier alpha value is -2.78. The molecule has 0 amide bonds. The Morgan fingerprint density at radius 1 is 0.692 bits per heavy atom. The normalized spacial score (nSPS) is 14.5. The van der Waals surface area contributed by atoms with E-state index in [-0.39, 0.29) is 6.61 Å². The molecule has 132 valence electrons. The van der Waals surface area contributed by atoms with Crippen LogP contribution in [0.3, 0.4) is 0 Å². The number of benzene rings is 3. The van der Waals surface area contributed by atoms with Crippen LogP contribution >= 0.6 is 0 Å². The van der Waals surface area contributed by atoms with Gasteiger partial charge in [0.05, 0.1) is 6.61 Å². The van der Waals surface area contributed by atoms with Crippen LogP contribution in [0.1, 0.15) is 5.56 Å². The lowest BCUT2D eigenvalue weighted by molar-refractivity contribution is 0.282. The first-order valence-corrected chi connectivity index (χ1v) is 9.19. The zero-order valence-electron chi connectivity index (χ0n) is 14.9. The molecule has 3 aromatic rings. The highest BCUT2D eigenvalue weighted by molar-refractivity contribution is 5.79. The van der Waals surface area contributed by atoms with Crippen LogP contribution in [-0.4, -0.2) is 31.3 Å². The van der Waals surface area contributed by atoms with Crippen LogP contribution in [0.5, 0.6) is 0 Å². The molecule has 4 rings (SSSR count). The fraction of sp³-hybridized carbons (Fsp3) is 0.217. The zero-order valence-corrected chi connectivity index (χ0v) is 14.9. The maximum Gasteiger partial charge on any atom is 0.0682 e. The molecule has 0 unspecified atom stereocenters. The van der Waals surface area contributed by atoms with Crippen LogP contribution in [0.15, 0.2) is 78.9 Å². The predicted molar refractivity (Wildman–Crippen MR) is 109 cm³/mol. The Bertz CT molecular complexity index is 841. The number of anilines is 2. The Kier molecular flexibility index (Phi) is 4.89. The second-order valence-electron chi connectivity index (χ2n) is 6.69. The number of aliphatic hydroxyl groups is 1. The third-order valence-corrected chi connectivity index (χ3v) is 5.07. The minimum absolute atomic E-state index is 0.0754. The molecule has 1 saturated heterocycles. The number of hydrogen-bond acceptors (Lipinski definition) is 3. The first-order chi connectivity index (χ1) is 12.8. The number of hydrogen-bond donors (Lipinski definition) is 1. The topological polar surface area (TPSA) is 26.7 Å². The first kappa shape index (κ1) is 16.7. The molecular weight excluding hydrogens is 320 g/mol. The molecule has 0 bridgehead atoms. The van der Waals surface area contributed by atoms with Crippen molar-refractivity contribution in [3.05, 3.63) is 84.4 Å². The number of para-hydroxylation sites is 1. The van der Waals surface area contributed by atoms with Crippen LogP contribution < -0.4 is 9.80 Å². The lowest BCUT2D eigenvalue weighted by atomic mass is 10.00. The van der Waals surface area contributed by atoms with Gasteiger partial charge in [-0.25, -0.2) is 0 Å². The highest BCUT2D eigenvalue weighted by atomic mass is 16.3. The Morgan fingerprint density at radius 2 is 1.31 bits per heavy atom. The van der Waals surface area contributed by atoms with Crippen LogP contribution in [0.4, 0.5) is 11.4 Å². The van der Waals surface area contributed by atoms with Gasteiger partial charge in [0.1, 0.15) is 0 Å². The number of piperazine rings is 1. The predicted octanol–water partition coefficient (Wildman–Crippen LogP) is 4.17. The molecule has 0 atom stereocenters. The van der Waals surface area contributed by atoms with E-state index >= 15 is 0 Å². The van der Waals surface area contributed by atoms with E-state index in [2.05, 4.69) is 76.5 Å². The van der Waals surface area contributed by atoms with Gasteiger partial charge in [-0.2, -0.15) is 0 Å². The van der Waals surface area contributed by atoms with Crippen molar-refractivity contribution in [2.45, 2.75) is 6.61 Å². The van der Waals surface area contributed by atoms with E-state index in [1.54, 1.807) is 0 Å². The highest BCUT2D eigenvalue weighted by Gasteiger charge is 2.20. The lowest BCUT2D eigenvalue weighted by Gasteiger charge is -2.38. The Morgan fingerprint density at radius 3 is 1.96 bits per heavy atom. The lowest BCUT2D eigenvalue weighted by Crippen LogP contribution is -2.46. The minimum Gasteiger partial charge on any atom is -0.392 e. The van der Waals surface area contributed by atoms with Crippen LogP contribution in [0.25, 0.3) is 11.1 Å². The standard InChI is InChI=1S/C23H24N2O/c26-18-19-11-12-22(20-7-3-1-4-8-20)23(17-19)25-15-13-24(14-16-25)21-9-5-2-6-10-21/h1-12,17,26H,13-16,18H2.